The Hall–Kier alpha value is -1.65. The fourth-order valence-electron chi connectivity index (χ4n) is 3.96. The molecule has 0 aliphatic rings. The third-order valence-electron chi connectivity index (χ3n) is 5.38. The van der Waals surface area contributed by atoms with Crippen molar-refractivity contribution in [2.75, 3.05) is 0 Å². The van der Waals surface area contributed by atoms with Gasteiger partial charge in [-0.25, -0.2) is 0 Å². The molecule has 0 saturated carbocycles. The van der Waals surface area contributed by atoms with E-state index < -0.39 is 0 Å². The van der Waals surface area contributed by atoms with Crippen LogP contribution in [0.15, 0.2) is 91.0 Å². The Morgan fingerprint density at radius 3 is 1.41 bits per heavy atom. The molecule has 1 atom stereocenters. The summed E-state index contributed by atoms with van der Waals surface area (Å²) in [4.78, 5) is 0. The maximum atomic E-state index is 7.16. The predicted octanol–water partition coefficient (Wildman–Crippen LogP) is 6.06. The van der Waals surface area contributed by atoms with Crippen LogP contribution in [-0.4, -0.2) is 5.54 Å². The second kappa shape index (κ2) is 10.6. The summed E-state index contributed by atoms with van der Waals surface area (Å²) in [6, 6.07) is 32.1. The second-order valence-electron chi connectivity index (χ2n) is 7.35. The van der Waals surface area contributed by atoms with Gasteiger partial charge in [-0.05, 0) is 41.9 Å². The highest BCUT2D eigenvalue weighted by Crippen LogP contribution is 2.30. The molecule has 0 aromatic heterocycles. The molecule has 142 valence electrons. The van der Waals surface area contributed by atoms with Gasteiger partial charge < -0.3 is 5.73 Å². The molecule has 3 aromatic carbocycles. The van der Waals surface area contributed by atoms with Gasteiger partial charge in [0.05, 0.1) is 0 Å². The molecule has 0 heterocycles. The van der Waals surface area contributed by atoms with Gasteiger partial charge in [-0.2, -0.15) is 0 Å². The molecule has 0 aliphatic carbocycles. The Morgan fingerprint density at radius 1 is 0.667 bits per heavy atom. The highest BCUT2D eigenvalue weighted by molar-refractivity contribution is 14.0. The van der Waals surface area contributed by atoms with Crippen LogP contribution in [0.25, 0.3) is 0 Å². The van der Waals surface area contributed by atoms with E-state index in [9.17, 15) is 0 Å². The van der Waals surface area contributed by atoms with E-state index in [0.29, 0.717) is 5.92 Å². The Bertz CT molecular complexity index is 730. The predicted molar refractivity (Wildman–Crippen MR) is 127 cm³/mol. The molecule has 27 heavy (non-hydrogen) atoms. The average molecular weight is 471 g/mol. The molecule has 2 N–H and O–H groups in total. The molecule has 0 radical (unpaired) electrons. The minimum atomic E-state index is -0.271. The van der Waals surface area contributed by atoms with Crippen molar-refractivity contribution in [3.63, 3.8) is 0 Å². The summed E-state index contributed by atoms with van der Waals surface area (Å²) < 4.78 is 0. The van der Waals surface area contributed by atoms with E-state index >= 15 is 0 Å². The first-order chi connectivity index (χ1) is 12.7. The maximum Gasteiger partial charge on any atom is 0.0267 e. The van der Waals surface area contributed by atoms with Crippen molar-refractivity contribution in [2.24, 2.45) is 11.7 Å². The third-order valence-corrected chi connectivity index (χ3v) is 5.38. The number of halogens is 1. The first kappa shape index (κ1) is 21.6. The normalized spacial score (nSPS) is 12.2. The molecule has 0 amide bonds. The summed E-state index contributed by atoms with van der Waals surface area (Å²) in [7, 11) is 0. The average Bonchev–Trinajstić information content (AvgIpc) is 2.68. The SMILES string of the molecule is CCC(Cc1ccccc1)C(N)(Cc1ccccc1)Cc1ccccc1.I. The Kier molecular flexibility index (Phi) is 8.52. The van der Waals surface area contributed by atoms with Crippen LogP contribution in [0.2, 0.25) is 0 Å². The van der Waals surface area contributed by atoms with Gasteiger partial charge in [0.15, 0.2) is 0 Å². The van der Waals surface area contributed by atoms with E-state index in [-0.39, 0.29) is 29.5 Å². The Labute approximate surface area is 181 Å². The van der Waals surface area contributed by atoms with Crippen LogP contribution in [0.4, 0.5) is 0 Å². The van der Waals surface area contributed by atoms with Gasteiger partial charge in [-0.15, -0.1) is 24.0 Å². The van der Waals surface area contributed by atoms with Gasteiger partial charge in [0.25, 0.3) is 0 Å². The quantitative estimate of drug-likeness (QED) is 0.398. The van der Waals surface area contributed by atoms with Crippen molar-refractivity contribution in [1.29, 1.82) is 0 Å². The van der Waals surface area contributed by atoms with E-state index in [1.807, 2.05) is 0 Å². The molecule has 3 rings (SSSR count). The van der Waals surface area contributed by atoms with E-state index in [1.54, 1.807) is 0 Å². The molecule has 0 spiro atoms. The molecule has 1 nitrogen and oxygen atoms in total. The van der Waals surface area contributed by atoms with Crippen LogP contribution in [-0.2, 0) is 19.3 Å². The van der Waals surface area contributed by atoms with Crippen LogP contribution in [0.3, 0.4) is 0 Å². The number of rotatable bonds is 8. The van der Waals surface area contributed by atoms with E-state index in [1.165, 1.54) is 16.7 Å². The Morgan fingerprint density at radius 2 is 1.04 bits per heavy atom. The molecular weight excluding hydrogens is 441 g/mol. The molecule has 1 unspecified atom stereocenters. The lowest BCUT2D eigenvalue weighted by Gasteiger charge is -2.38. The topological polar surface area (TPSA) is 26.0 Å². The molecule has 0 fully saturated rings. The van der Waals surface area contributed by atoms with Crippen molar-refractivity contribution < 1.29 is 0 Å². The molecule has 0 saturated heterocycles. The zero-order chi connectivity index (χ0) is 18.2. The zero-order valence-corrected chi connectivity index (χ0v) is 18.4. The number of hydrogen-bond donors (Lipinski definition) is 1. The smallest absolute Gasteiger partial charge is 0.0267 e. The van der Waals surface area contributed by atoms with E-state index in [2.05, 4.69) is 97.9 Å². The highest BCUT2D eigenvalue weighted by atomic mass is 127. The van der Waals surface area contributed by atoms with Gasteiger partial charge >= 0.3 is 0 Å². The van der Waals surface area contributed by atoms with E-state index in [4.69, 9.17) is 5.73 Å². The first-order valence-corrected chi connectivity index (χ1v) is 9.60. The minimum absolute atomic E-state index is 0. The van der Waals surface area contributed by atoms with Gasteiger partial charge in [0.1, 0.15) is 0 Å². The van der Waals surface area contributed by atoms with Crippen LogP contribution < -0.4 is 5.73 Å². The Balaban J connectivity index is 0.00000261. The van der Waals surface area contributed by atoms with Gasteiger partial charge in [-0.3, -0.25) is 0 Å². The second-order valence-corrected chi connectivity index (χ2v) is 7.35. The van der Waals surface area contributed by atoms with Crippen LogP contribution in [0.1, 0.15) is 30.0 Å². The number of benzene rings is 3. The number of hydrogen-bond acceptors (Lipinski definition) is 1. The van der Waals surface area contributed by atoms with E-state index in [0.717, 1.165) is 25.7 Å². The lowest BCUT2D eigenvalue weighted by atomic mass is 9.72. The van der Waals surface area contributed by atoms with Crippen molar-refractivity contribution >= 4 is 24.0 Å². The fourth-order valence-corrected chi connectivity index (χ4v) is 3.96. The summed E-state index contributed by atoms with van der Waals surface area (Å²) in [6.07, 6.45) is 3.89. The van der Waals surface area contributed by atoms with Crippen molar-refractivity contribution in [3.05, 3.63) is 108 Å². The maximum absolute atomic E-state index is 7.16. The molecule has 0 aliphatic heterocycles. The third kappa shape index (κ3) is 6.18. The van der Waals surface area contributed by atoms with Gasteiger partial charge in [-0.1, -0.05) is 104 Å². The zero-order valence-electron chi connectivity index (χ0n) is 16.1. The summed E-state index contributed by atoms with van der Waals surface area (Å²) in [5, 5.41) is 0. The molecule has 2 heteroatoms. The molecular formula is C25H30IN. The largest absolute Gasteiger partial charge is 0.324 e. The summed E-state index contributed by atoms with van der Waals surface area (Å²) in [5.41, 5.74) is 10.9. The summed E-state index contributed by atoms with van der Waals surface area (Å²) in [6.45, 7) is 2.27. The highest BCUT2D eigenvalue weighted by Gasteiger charge is 2.34. The number of nitrogens with two attached hydrogens (primary N) is 1. The van der Waals surface area contributed by atoms with Crippen LogP contribution in [0, 0.1) is 5.92 Å². The fraction of sp³-hybridized carbons (Fsp3) is 0.280. The van der Waals surface area contributed by atoms with Crippen molar-refractivity contribution in [1.82, 2.24) is 0 Å². The van der Waals surface area contributed by atoms with Crippen LogP contribution in [0.5, 0.6) is 0 Å². The molecule has 0 bridgehead atoms. The van der Waals surface area contributed by atoms with Gasteiger partial charge in [0.2, 0.25) is 0 Å². The summed E-state index contributed by atoms with van der Waals surface area (Å²) >= 11 is 0. The van der Waals surface area contributed by atoms with Crippen molar-refractivity contribution in [2.45, 2.75) is 38.1 Å². The van der Waals surface area contributed by atoms with Crippen molar-refractivity contribution in [3.8, 4) is 0 Å². The standard InChI is InChI=1S/C25H29N.HI/c1-2-24(18-21-12-6-3-7-13-21)25(26,19-22-14-8-4-9-15-22)20-23-16-10-5-11-17-23;/h3-17,24H,2,18-20,26H2,1H3;1H. The monoisotopic (exact) mass is 471 g/mol. The first-order valence-electron chi connectivity index (χ1n) is 9.60. The summed E-state index contributed by atoms with van der Waals surface area (Å²) in [5.74, 6) is 0.422. The lowest BCUT2D eigenvalue weighted by molar-refractivity contribution is 0.254. The minimum Gasteiger partial charge on any atom is -0.324 e. The van der Waals surface area contributed by atoms with Gasteiger partial charge in [0, 0.05) is 5.54 Å². The lowest BCUT2D eigenvalue weighted by Crippen LogP contribution is -2.51. The molecule has 3 aromatic rings. The van der Waals surface area contributed by atoms with Crippen LogP contribution >= 0.6 is 24.0 Å².